The quantitative estimate of drug-likeness (QED) is 0.897. The number of aliphatic hydroxyl groups is 1. The molecule has 0 saturated heterocycles. The normalized spacial score (nSPS) is 13.2. The van der Waals surface area contributed by atoms with E-state index in [0.717, 1.165) is 10.7 Å². The van der Waals surface area contributed by atoms with Crippen molar-refractivity contribution in [2.75, 3.05) is 5.32 Å². The standard InChI is InChI=1S/C15H15FN4O2/c1-10-7-12(4-3-11(10)8-17)18-14(21)15(2,22)9-20-6-5-13(16)19-20/h3-7,22H,9H2,1-2H3,(H,18,21)/t15-/m0/s1. The summed E-state index contributed by atoms with van der Waals surface area (Å²) in [6.45, 7) is 2.88. The van der Waals surface area contributed by atoms with E-state index in [1.165, 1.54) is 13.1 Å². The minimum Gasteiger partial charge on any atom is -0.378 e. The third-order valence-corrected chi connectivity index (χ3v) is 3.17. The molecule has 22 heavy (non-hydrogen) atoms. The number of carbonyl (C=O) groups excluding carboxylic acids is 1. The molecule has 0 unspecified atom stereocenters. The number of carbonyl (C=O) groups is 1. The Labute approximate surface area is 126 Å². The van der Waals surface area contributed by atoms with Crippen molar-refractivity contribution < 1.29 is 14.3 Å². The molecule has 0 fully saturated rings. The summed E-state index contributed by atoms with van der Waals surface area (Å²) in [6, 6.07) is 7.97. The fourth-order valence-electron chi connectivity index (χ4n) is 1.94. The Morgan fingerprint density at radius 1 is 1.55 bits per heavy atom. The third-order valence-electron chi connectivity index (χ3n) is 3.17. The molecule has 1 atom stereocenters. The van der Waals surface area contributed by atoms with Gasteiger partial charge in [-0.15, -0.1) is 5.10 Å². The second kappa shape index (κ2) is 5.95. The molecule has 0 aliphatic rings. The molecule has 1 aromatic carbocycles. The van der Waals surface area contributed by atoms with Gasteiger partial charge in [0.2, 0.25) is 5.95 Å². The van der Waals surface area contributed by atoms with Crippen molar-refractivity contribution in [1.29, 1.82) is 5.26 Å². The largest absolute Gasteiger partial charge is 0.378 e. The first-order valence-electron chi connectivity index (χ1n) is 6.55. The summed E-state index contributed by atoms with van der Waals surface area (Å²) in [5.74, 6) is -1.33. The van der Waals surface area contributed by atoms with Crippen LogP contribution in [0.2, 0.25) is 0 Å². The monoisotopic (exact) mass is 302 g/mol. The highest BCUT2D eigenvalue weighted by atomic mass is 19.1. The number of hydrogen-bond donors (Lipinski definition) is 2. The highest BCUT2D eigenvalue weighted by molar-refractivity contribution is 5.96. The van der Waals surface area contributed by atoms with Crippen LogP contribution in [0.25, 0.3) is 0 Å². The second-order valence-corrected chi connectivity index (χ2v) is 5.21. The average molecular weight is 302 g/mol. The van der Waals surface area contributed by atoms with Gasteiger partial charge in [0.05, 0.1) is 18.2 Å². The van der Waals surface area contributed by atoms with E-state index in [1.54, 1.807) is 25.1 Å². The van der Waals surface area contributed by atoms with Crippen LogP contribution in [0.3, 0.4) is 0 Å². The molecule has 1 amide bonds. The zero-order chi connectivity index (χ0) is 16.3. The van der Waals surface area contributed by atoms with Gasteiger partial charge in [0.25, 0.3) is 5.91 Å². The van der Waals surface area contributed by atoms with Gasteiger partial charge in [-0.3, -0.25) is 9.48 Å². The number of anilines is 1. The number of halogens is 1. The maximum atomic E-state index is 12.8. The van der Waals surface area contributed by atoms with Crippen molar-refractivity contribution in [2.24, 2.45) is 0 Å². The highest BCUT2D eigenvalue weighted by Crippen LogP contribution is 2.17. The van der Waals surface area contributed by atoms with Crippen molar-refractivity contribution >= 4 is 11.6 Å². The Bertz CT molecular complexity index is 746. The molecule has 1 heterocycles. The Morgan fingerprint density at radius 2 is 2.27 bits per heavy atom. The van der Waals surface area contributed by atoms with Gasteiger partial charge in [0.1, 0.15) is 0 Å². The van der Waals surface area contributed by atoms with Crippen molar-refractivity contribution in [3.05, 3.63) is 47.5 Å². The summed E-state index contributed by atoms with van der Waals surface area (Å²) in [6.07, 6.45) is 1.34. The van der Waals surface area contributed by atoms with Crippen molar-refractivity contribution in [2.45, 2.75) is 26.0 Å². The molecule has 2 N–H and O–H groups in total. The number of hydrogen-bond acceptors (Lipinski definition) is 4. The number of nitrogens with one attached hydrogen (secondary N) is 1. The summed E-state index contributed by atoms with van der Waals surface area (Å²) in [7, 11) is 0. The van der Waals surface area contributed by atoms with Gasteiger partial charge in [-0.1, -0.05) is 0 Å². The van der Waals surface area contributed by atoms with Crippen molar-refractivity contribution in [3.63, 3.8) is 0 Å². The van der Waals surface area contributed by atoms with E-state index in [9.17, 15) is 14.3 Å². The van der Waals surface area contributed by atoms with Crippen LogP contribution in [0, 0.1) is 24.2 Å². The van der Waals surface area contributed by atoms with Crippen molar-refractivity contribution in [1.82, 2.24) is 9.78 Å². The van der Waals surface area contributed by atoms with E-state index >= 15 is 0 Å². The zero-order valence-electron chi connectivity index (χ0n) is 12.2. The molecule has 7 heteroatoms. The van der Waals surface area contributed by atoms with Crippen LogP contribution in [0.1, 0.15) is 18.1 Å². The minimum atomic E-state index is -1.76. The van der Waals surface area contributed by atoms with Gasteiger partial charge in [-0.05, 0) is 37.6 Å². The van der Waals surface area contributed by atoms with Crippen LogP contribution in [0.15, 0.2) is 30.5 Å². The lowest BCUT2D eigenvalue weighted by atomic mass is 10.1. The molecular formula is C15H15FN4O2. The molecular weight excluding hydrogens is 287 g/mol. The van der Waals surface area contributed by atoms with Crippen LogP contribution in [-0.4, -0.2) is 26.4 Å². The minimum absolute atomic E-state index is 0.183. The first kappa shape index (κ1) is 15.7. The lowest BCUT2D eigenvalue weighted by Gasteiger charge is -2.22. The van der Waals surface area contributed by atoms with Gasteiger partial charge in [-0.25, -0.2) is 0 Å². The second-order valence-electron chi connectivity index (χ2n) is 5.21. The summed E-state index contributed by atoms with van der Waals surface area (Å²) < 4.78 is 14.0. The number of amides is 1. The maximum Gasteiger partial charge on any atom is 0.257 e. The molecule has 0 aliphatic carbocycles. The highest BCUT2D eigenvalue weighted by Gasteiger charge is 2.31. The lowest BCUT2D eigenvalue weighted by Crippen LogP contribution is -2.43. The topological polar surface area (TPSA) is 90.9 Å². The van der Waals surface area contributed by atoms with Gasteiger partial charge >= 0.3 is 0 Å². The average Bonchev–Trinajstić information content (AvgIpc) is 2.83. The Kier molecular flexibility index (Phi) is 4.24. The molecule has 1 aromatic heterocycles. The van der Waals surface area contributed by atoms with Crippen LogP contribution in [0.5, 0.6) is 0 Å². The Morgan fingerprint density at radius 3 is 2.82 bits per heavy atom. The van der Waals surface area contributed by atoms with Crippen LogP contribution in [0.4, 0.5) is 10.1 Å². The van der Waals surface area contributed by atoms with E-state index in [2.05, 4.69) is 10.4 Å². The molecule has 0 radical (unpaired) electrons. The molecule has 0 spiro atoms. The summed E-state index contributed by atoms with van der Waals surface area (Å²) >= 11 is 0. The van der Waals surface area contributed by atoms with E-state index in [4.69, 9.17) is 5.26 Å². The molecule has 0 bridgehead atoms. The van der Waals surface area contributed by atoms with Crippen molar-refractivity contribution in [3.8, 4) is 6.07 Å². The van der Waals surface area contributed by atoms with Gasteiger partial charge in [0, 0.05) is 18.0 Å². The Hall–Kier alpha value is -2.72. The number of aromatic nitrogens is 2. The fourth-order valence-corrected chi connectivity index (χ4v) is 1.94. The van der Waals surface area contributed by atoms with Gasteiger partial charge in [0.15, 0.2) is 5.60 Å². The van der Waals surface area contributed by atoms with Gasteiger partial charge in [-0.2, -0.15) is 9.65 Å². The lowest BCUT2D eigenvalue weighted by molar-refractivity contribution is -0.133. The SMILES string of the molecule is Cc1cc(NC(=O)[C@@](C)(O)Cn2ccc(F)n2)ccc1C#N. The van der Waals surface area contributed by atoms with E-state index in [0.29, 0.717) is 16.8 Å². The maximum absolute atomic E-state index is 12.8. The number of aryl methyl sites for hydroxylation is 1. The van der Waals surface area contributed by atoms with E-state index < -0.39 is 17.5 Å². The molecule has 0 saturated carbocycles. The smallest absolute Gasteiger partial charge is 0.257 e. The van der Waals surface area contributed by atoms with Crippen LogP contribution in [-0.2, 0) is 11.3 Å². The molecule has 6 nitrogen and oxygen atoms in total. The number of nitriles is 1. The molecule has 2 rings (SSSR count). The van der Waals surface area contributed by atoms with Crippen LogP contribution < -0.4 is 5.32 Å². The number of benzene rings is 1. The number of nitrogens with zero attached hydrogens (tertiary/aromatic N) is 3. The predicted octanol–water partition coefficient (Wildman–Crippen LogP) is 1.59. The third kappa shape index (κ3) is 3.48. The Balaban J connectivity index is 2.10. The summed E-state index contributed by atoms with van der Waals surface area (Å²) in [5.41, 5.74) is -0.0698. The summed E-state index contributed by atoms with van der Waals surface area (Å²) in [4.78, 5) is 12.2. The molecule has 0 aliphatic heterocycles. The molecule has 114 valence electrons. The summed E-state index contributed by atoms with van der Waals surface area (Å²) in [5, 5.41) is 25.2. The predicted molar refractivity (Wildman–Crippen MR) is 77.3 cm³/mol. The van der Waals surface area contributed by atoms with E-state index in [-0.39, 0.29) is 6.54 Å². The number of rotatable bonds is 4. The van der Waals surface area contributed by atoms with Gasteiger partial charge < -0.3 is 10.4 Å². The first-order valence-corrected chi connectivity index (χ1v) is 6.55. The zero-order valence-corrected chi connectivity index (χ0v) is 12.2. The molecule has 2 aromatic rings. The van der Waals surface area contributed by atoms with E-state index in [1.807, 2.05) is 6.07 Å². The fraction of sp³-hybridized carbons (Fsp3) is 0.267. The first-order chi connectivity index (χ1) is 10.3. The van der Waals surface area contributed by atoms with Crippen LogP contribution >= 0.6 is 0 Å².